The lowest BCUT2D eigenvalue weighted by atomic mass is 9.98. The van der Waals surface area contributed by atoms with E-state index in [1.165, 1.54) is 18.2 Å². The second-order valence-corrected chi connectivity index (χ2v) is 7.75. The number of carbonyl (C=O) groups excluding carboxylic acids is 2. The average molecular weight is 401 g/mol. The maximum atomic E-state index is 12.7. The van der Waals surface area contributed by atoms with Crippen molar-refractivity contribution in [2.24, 2.45) is 0 Å². The molecule has 1 aromatic heterocycles. The summed E-state index contributed by atoms with van der Waals surface area (Å²) in [5, 5.41) is 13.9. The quantitative estimate of drug-likeness (QED) is 0.344. The van der Waals surface area contributed by atoms with E-state index in [2.05, 4.69) is 5.32 Å². The van der Waals surface area contributed by atoms with Crippen molar-refractivity contribution in [3.8, 4) is 0 Å². The van der Waals surface area contributed by atoms with Gasteiger partial charge in [-0.3, -0.25) is 14.9 Å². The third-order valence-electron chi connectivity index (χ3n) is 4.16. The number of nitrogens with zero attached hydrogens (tertiary/aromatic N) is 2. The SMILES string of the molecule is CC1(C)Nc2ccccc2N(CCOC(=O)/C=C/c2ccc([N+](=O)[O-])s2)C1=O. The summed E-state index contributed by atoms with van der Waals surface area (Å²) < 4.78 is 5.18. The Morgan fingerprint density at radius 3 is 2.79 bits per heavy atom. The number of rotatable bonds is 6. The first kappa shape index (κ1) is 19.6. The van der Waals surface area contributed by atoms with E-state index in [1.54, 1.807) is 24.8 Å². The van der Waals surface area contributed by atoms with Gasteiger partial charge in [0.15, 0.2) is 0 Å². The van der Waals surface area contributed by atoms with Gasteiger partial charge in [-0.1, -0.05) is 23.5 Å². The molecule has 0 bridgehead atoms. The molecule has 146 valence electrons. The molecule has 1 amide bonds. The van der Waals surface area contributed by atoms with Gasteiger partial charge >= 0.3 is 11.0 Å². The number of anilines is 2. The van der Waals surface area contributed by atoms with Crippen LogP contribution in [-0.4, -0.2) is 35.5 Å². The van der Waals surface area contributed by atoms with E-state index in [1.807, 2.05) is 24.3 Å². The van der Waals surface area contributed by atoms with E-state index in [0.717, 1.165) is 22.7 Å². The summed E-state index contributed by atoms with van der Waals surface area (Å²) in [7, 11) is 0. The molecule has 1 aromatic carbocycles. The van der Waals surface area contributed by atoms with Gasteiger partial charge in [-0.2, -0.15) is 0 Å². The number of esters is 1. The van der Waals surface area contributed by atoms with Crippen LogP contribution in [0.2, 0.25) is 0 Å². The van der Waals surface area contributed by atoms with Crippen LogP contribution < -0.4 is 10.2 Å². The summed E-state index contributed by atoms with van der Waals surface area (Å²) >= 11 is 0.968. The van der Waals surface area contributed by atoms with Crippen LogP contribution in [-0.2, 0) is 14.3 Å². The van der Waals surface area contributed by atoms with Crippen molar-refractivity contribution in [3.05, 3.63) is 57.5 Å². The number of benzene rings is 1. The van der Waals surface area contributed by atoms with Crippen molar-refractivity contribution in [3.63, 3.8) is 0 Å². The first-order valence-electron chi connectivity index (χ1n) is 8.56. The number of fused-ring (bicyclic) bond motifs is 1. The minimum Gasteiger partial charge on any atom is -0.461 e. The molecule has 28 heavy (non-hydrogen) atoms. The number of nitro groups is 1. The van der Waals surface area contributed by atoms with Gasteiger partial charge in [0.25, 0.3) is 5.91 Å². The number of nitrogens with one attached hydrogen (secondary N) is 1. The minimum absolute atomic E-state index is 0.00603. The molecule has 0 aliphatic carbocycles. The highest BCUT2D eigenvalue weighted by Crippen LogP contribution is 2.34. The van der Waals surface area contributed by atoms with Crippen LogP contribution in [0.15, 0.2) is 42.5 Å². The summed E-state index contributed by atoms with van der Waals surface area (Å²) in [6.45, 7) is 3.86. The van der Waals surface area contributed by atoms with Gasteiger partial charge in [0.05, 0.1) is 22.8 Å². The zero-order valence-corrected chi connectivity index (χ0v) is 16.2. The molecular formula is C19H19N3O5S. The Labute approximate surface area is 165 Å². The molecule has 2 aromatic rings. The third-order valence-corrected chi connectivity index (χ3v) is 5.16. The van der Waals surface area contributed by atoms with Crippen molar-refractivity contribution in [2.45, 2.75) is 19.4 Å². The normalized spacial score (nSPS) is 15.2. The number of hydrogen-bond acceptors (Lipinski definition) is 7. The van der Waals surface area contributed by atoms with Crippen LogP contribution in [0.5, 0.6) is 0 Å². The number of amides is 1. The van der Waals surface area contributed by atoms with E-state index in [-0.39, 0.29) is 24.1 Å². The van der Waals surface area contributed by atoms with Crippen LogP contribution in [0, 0.1) is 10.1 Å². The molecule has 0 saturated carbocycles. The van der Waals surface area contributed by atoms with Gasteiger partial charge in [-0.05, 0) is 38.1 Å². The molecule has 8 nitrogen and oxygen atoms in total. The Hall–Kier alpha value is -3.20. The Bertz CT molecular complexity index is 951. The molecular weight excluding hydrogens is 382 g/mol. The fourth-order valence-electron chi connectivity index (χ4n) is 2.84. The van der Waals surface area contributed by atoms with E-state index < -0.39 is 16.4 Å². The molecule has 1 aliphatic heterocycles. The second kappa shape index (κ2) is 7.81. The molecule has 0 radical (unpaired) electrons. The summed E-state index contributed by atoms with van der Waals surface area (Å²) in [4.78, 5) is 37.0. The van der Waals surface area contributed by atoms with Crippen LogP contribution >= 0.6 is 11.3 Å². The van der Waals surface area contributed by atoms with Crippen molar-refractivity contribution in [2.75, 3.05) is 23.4 Å². The molecule has 1 N–H and O–H groups in total. The third kappa shape index (κ3) is 4.20. The topological polar surface area (TPSA) is 102 Å². The highest BCUT2D eigenvalue weighted by atomic mass is 32.1. The predicted octanol–water partition coefficient (Wildman–Crippen LogP) is 3.45. The van der Waals surface area contributed by atoms with Crippen molar-refractivity contribution >= 4 is 45.7 Å². The van der Waals surface area contributed by atoms with Crippen LogP contribution in [0.1, 0.15) is 18.7 Å². The molecule has 0 unspecified atom stereocenters. The molecule has 0 saturated heterocycles. The van der Waals surface area contributed by atoms with Crippen LogP contribution in [0.4, 0.5) is 16.4 Å². The Morgan fingerprint density at radius 1 is 1.32 bits per heavy atom. The number of hydrogen-bond donors (Lipinski definition) is 1. The average Bonchev–Trinajstić information content (AvgIpc) is 3.12. The van der Waals surface area contributed by atoms with Crippen molar-refractivity contribution in [1.29, 1.82) is 0 Å². The zero-order valence-electron chi connectivity index (χ0n) is 15.4. The fraction of sp³-hybridized carbons (Fsp3) is 0.263. The largest absolute Gasteiger partial charge is 0.461 e. The van der Waals surface area contributed by atoms with Gasteiger partial charge in [-0.15, -0.1) is 0 Å². The lowest BCUT2D eigenvalue weighted by molar-refractivity contribution is -0.380. The fourth-order valence-corrected chi connectivity index (χ4v) is 3.56. The molecule has 0 spiro atoms. The molecule has 9 heteroatoms. The first-order valence-corrected chi connectivity index (χ1v) is 9.38. The standard InChI is InChI=1S/C19H19N3O5S/c1-19(2)18(24)21(15-6-4-3-5-14(15)20-19)11-12-27-17(23)10-8-13-7-9-16(28-13)22(25)26/h3-10,20H,11-12H2,1-2H3/b10-8+. The van der Waals surface area contributed by atoms with E-state index >= 15 is 0 Å². The van der Waals surface area contributed by atoms with Gasteiger partial charge in [-0.25, -0.2) is 4.79 Å². The highest BCUT2D eigenvalue weighted by molar-refractivity contribution is 7.16. The maximum Gasteiger partial charge on any atom is 0.330 e. The summed E-state index contributed by atoms with van der Waals surface area (Å²) in [5.74, 6) is -0.685. The second-order valence-electron chi connectivity index (χ2n) is 6.66. The van der Waals surface area contributed by atoms with Gasteiger partial charge in [0.1, 0.15) is 12.1 Å². The summed E-state index contributed by atoms with van der Waals surface area (Å²) in [6, 6.07) is 10.4. The Balaban J connectivity index is 1.59. The summed E-state index contributed by atoms with van der Waals surface area (Å²) in [5.41, 5.74) is 0.827. The lowest BCUT2D eigenvalue weighted by Gasteiger charge is -2.39. The van der Waals surface area contributed by atoms with Crippen LogP contribution in [0.25, 0.3) is 6.08 Å². The minimum atomic E-state index is -0.758. The Morgan fingerprint density at radius 2 is 2.07 bits per heavy atom. The van der Waals surface area contributed by atoms with Gasteiger partial charge in [0.2, 0.25) is 0 Å². The predicted molar refractivity (Wildman–Crippen MR) is 107 cm³/mol. The molecule has 1 aliphatic rings. The van der Waals surface area contributed by atoms with E-state index in [4.69, 9.17) is 4.74 Å². The van der Waals surface area contributed by atoms with E-state index in [9.17, 15) is 19.7 Å². The molecule has 0 fully saturated rings. The van der Waals surface area contributed by atoms with Crippen LogP contribution in [0.3, 0.4) is 0 Å². The van der Waals surface area contributed by atoms with Crippen molar-refractivity contribution < 1.29 is 19.2 Å². The molecule has 3 rings (SSSR count). The van der Waals surface area contributed by atoms with Crippen molar-refractivity contribution in [1.82, 2.24) is 0 Å². The number of thiophene rings is 1. The van der Waals surface area contributed by atoms with Gasteiger partial charge < -0.3 is 15.0 Å². The number of para-hydroxylation sites is 2. The summed E-state index contributed by atoms with van der Waals surface area (Å²) in [6.07, 6.45) is 2.68. The van der Waals surface area contributed by atoms with E-state index in [0.29, 0.717) is 4.88 Å². The highest BCUT2D eigenvalue weighted by Gasteiger charge is 2.38. The zero-order chi connectivity index (χ0) is 20.3. The van der Waals surface area contributed by atoms with Gasteiger partial charge in [0, 0.05) is 17.0 Å². The maximum absolute atomic E-state index is 12.7. The molecule has 0 atom stereocenters. The number of ether oxygens (including phenoxy) is 1. The molecule has 2 heterocycles. The first-order chi connectivity index (χ1) is 13.3. The Kier molecular flexibility index (Phi) is 5.46. The lowest BCUT2D eigenvalue weighted by Crippen LogP contribution is -2.54. The smallest absolute Gasteiger partial charge is 0.330 e. The number of carbonyl (C=O) groups is 2. The monoisotopic (exact) mass is 401 g/mol.